The van der Waals surface area contributed by atoms with Crippen LogP contribution in [0.3, 0.4) is 0 Å². The van der Waals surface area contributed by atoms with E-state index in [2.05, 4.69) is 33.4 Å². The van der Waals surface area contributed by atoms with Gasteiger partial charge in [0, 0.05) is 17.1 Å². The van der Waals surface area contributed by atoms with Crippen LogP contribution in [0.5, 0.6) is 0 Å². The molecular weight excluding hydrogens is 305 g/mol. The van der Waals surface area contributed by atoms with Gasteiger partial charge in [-0.05, 0) is 53.8 Å². The van der Waals surface area contributed by atoms with Crippen molar-refractivity contribution in [3.05, 3.63) is 58.3 Å². The molecule has 98 valence electrons. The van der Waals surface area contributed by atoms with E-state index >= 15 is 0 Å². The van der Waals surface area contributed by atoms with Crippen molar-refractivity contribution in [2.24, 2.45) is 0 Å². The molecule has 1 saturated carbocycles. The first-order valence-corrected chi connectivity index (χ1v) is 7.29. The fraction of sp³-hybridized carbons (Fsp3) is 0.250. The van der Waals surface area contributed by atoms with Crippen LogP contribution < -0.4 is 5.32 Å². The van der Waals surface area contributed by atoms with Crippen molar-refractivity contribution in [1.29, 1.82) is 0 Å². The fourth-order valence-electron chi connectivity index (χ4n) is 2.16. The molecule has 0 radical (unpaired) electrons. The minimum Gasteiger partial charge on any atom is -0.310 e. The second-order valence-electron chi connectivity index (χ2n) is 4.96. The van der Waals surface area contributed by atoms with E-state index in [4.69, 9.17) is 0 Å². The Morgan fingerprint density at radius 3 is 2.53 bits per heavy atom. The molecule has 0 amide bonds. The van der Waals surface area contributed by atoms with Crippen LogP contribution >= 0.6 is 15.9 Å². The van der Waals surface area contributed by atoms with Crippen LogP contribution in [0, 0.1) is 5.82 Å². The van der Waals surface area contributed by atoms with Gasteiger partial charge in [-0.15, -0.1) is 0 Å². The Kier molecular flexibility index (Phi) is 3.67. The zero-order valence-corrected chi connectivity index (χ0v) is 12.1. The molecule has 0 heterocycles. The molecule has 1 N–H and O–H groups in total. The van der Waals surface area contributed by atoms with Gasteiger partial charge < -0.3 is 5.32 Å². The first-order valence-electron chi connectivity index (χ1n) is 6.50. The van der Waals surface area contributed by atoms with Gasteiger partial charge in [0.2, 0.25) is 0 Å². The standard InChI is InChI=1S/C16H15BrFN/c17-13-3-1-11(2-4-13)16-8-5-14(18)9-12(16)10-19-15-6-7-15/h1-5,8-9,15,19H,6-7,10H2. The highest BCUT2D eigenvalue weighted by Gasteiger charge is 2.20. The lowest BCUT2D eigenvalue weighted by Gasteiger charge is -2.11. The summed E-state index contributed by atoms with van der Waals surface area (Å²) < 4.78 is 14.5. The van der Waals surface area contributed by atoms with Crippen molar-refractivity contribution in [3.63, 3.8) is 0 Å². The molecule has 3 heteroatoms. The second-order valence-corrected chi connectivity index (χ2v) is 5.88. The summed E-state index contributed by atoms with van der Waals surface area (Å²) in [5.41, 5.74) is 3.24. The van der Waals surface area contributed by atoms with Gasteiger partial charge >= 0.3 is 0 Å². The number of rotatable bonds is 4. The van der Waals surface area contributed by atoms with Gasteiger partial charge in [-0.3, -0.25) is 0 Å². The monoisotopic (exact) mass is 319 g/mol. The van der Waals surface area contributed by atoms with Crippen molar-refractivity contribution in [3.8, 4) is 11.1 Å². The number of nitrogens with one attached hydrogen (secondary N) is 1. The molecule has 1 fully saturated rings. The predicted molar refractivity (Wildman–Crippen MR) is 79.4 cm³/mol. The van der Waals surface area contributed by atoms with E-state index in [0.717, 1.165) is 27.7 Å². The van der Waals surface area contributed by atoms with Crippen molar-refractivity contribution >= 4 is 15.9 Å². The van der Waals surface area contributed by atoms with Crippen LogP contribution in [0.15, 0.2) is 46.9 Å². The first-order chi connectivity index (χ1) is 9.22. The van der Waals surface area contributed by atoms with Gasteiger partial charge in [-0.25, -0.2) is 4.39 Å². The van der Waals surface area contributed by atoms with Gasteiger partial charge in [-0.2, -0.15) is 0 Å². The van der Waals surface area contributed by atoms with Crippen molar-refractivity contribution < 1.29 is 4.39 Å². The number of hydrogen-bond donors (Lipinski definition) is 1. The third-order valence-corrected chi connectivity index (χ3v) is 3.91. The highest BCUT2D eigenvalue weighted by Crippen LogP contribution is 2.27. The maximum Gasteiger partial charge on any atom is 0.123 e. The lowest BCUT2D eigenvalue weighted by Crippen LogP contribution is -2.16. The third kappa shape index (κ3) is 3.23. The Morgan fingerprint density at radius 2 is 1.84 bits per heavy atom. The quantitative estimate of drug-likeness (QED) is 0.874. The maximum absolute atomic E-state index is 13.4. The lowest BCUT2D eigenvalue weighted by atomic mass is 9.99. The van der Waals surface area contributed by atoms with E-state index in [1.807, 2.05) is 18.2 Å². The van der Waals surface area contributed by atoms with E-state index in [9.17, 15) is 4.39 Å². The molecule has 1 aliphatic rings. The molecular formula is C16H15BrFN. The van der Waals surface area contributed by atoms with Crippen LogP contribution in [0.4, 0.5) is 4.39 Å². The largest absolute Gasteiger partial charge is 0.310 e. The molecule has 2 aromatic carbocycles. The lowest BCUT2D eigenvalue weighted by molar-refractivity contribution is 0.620. The smallest absolute Gasteiger partial charge is 0.123 e. The molecule has 3 rings (SSSR count). The summed E-state index contributed by atoms with van der Waals surface area (Å²) in [5.74, 6) is -0.173. The van der Waals surface area contributed by atoms with Gasteiger partial charge in [0.1, 0.15) is 5.82 Å². The average Bonchev–Trinajstić information content (AvgIpc) is 3.22. The molecule has 0 aliphatic heterocycles. The first kappa shape index (κ1) is 12.8. The second kappa shape index (κ2) is 5.43. The molecule has 0 atom stereocenters. The van der Waals surface area contributed by atoms with Gasteiger partial charge in [0.05, 0.1) is 0 Å². The third-order valence-electron chi connectivity index (χ3n) is 3.38. The molecule has 0 spiro atoms. The summed E-state index contributed by atoms with van der Waals surface area (Å²) in [5, 5.41) is 3.45. The van der Waals surface area contributed by atoms with Crippen LogP contribution in [0.25, 0.3) is 11.1 Å². The Labute approximate surface area is 121 Å². The Hall–Kier alpha value is -1.19. The van der Waals surface area contributed by atoms with E-state index in [1.54, 1.807) is 6.07 Å². The molecule has 1 nitrogen and oxygen atoms in total. The Morgan fingerprint density at radius 1 is 1.11 bits per heavy atom. The highest BCUT2D eigenvalue weighted by atomic mass is 79.9. The van der Waals surface area contributed by atoms with Crippen LogP contribution in [0.1, 0.15) is 18.4 Å². The Bertz CT molecular complexity index is 576. The zero-order valence-electron chi connectivity index (χ0n) is 10.5. The van der Waals surface area contributed by atoms with Crippen LogP contribution in [-0.4, -0.2) is 6.04 Å². The molecule has 0 unspecified atom stereocenters. The van der Waals surface area contributed by atoms with E-state index < -0.39 is 0 Å². The number of benzene rings is 2. The summed E-state index contributed by atoms with van der Waals surface area (Å²) >= 11 is 3.43. The molecule has 19 heavy (non-hydrogen) atoms. The maximum atomic E-state index is 13.4. The summed E-state index contributed by atoms with van der Waals surface area (Å²) in [7, 11) is 0. The van der Waals surface area contributed by atoms with Gasteiger partial charge in [-0.1, -0.05) is 34.1 Å². The van der Waals surface area contributed by atoms with Gasteiger partial charge in [0.25, 0.3) is 0 Å². The van der Waals surface area contributed by atoms with Crippen molar-refractivity contribution in [2.75, 3.05) is 0 Å². The van der Waals surface area contributed by atoms with E-state index in [0.29, 0.717) is 6.04 Å². The topological polar surface area (TPSA) is 12.0 Å². The van der Waals surface area contributed by atoms with Crippen LogP contribution in [0.2, 0.25) is 0 Å². The minimum atomic E-state index is -0.173. The van der Waals surface area contributed by atoms with Crippen molar-refractivity contribution in [2.45, 2.75) is 25.4 Å². The van der Waals surface area contributed by atoms with Crippen LogP contribution in [-0.2, 0) is 6.54 Å². The van der Waals surface area contributed by atoms with Gasteiger partial charge in [0.15, 0.2) is 0 Å². The number of hydrogen-bond acceptors (Lipinski definition) is 1. The van der Waals surface area contributed by atoms with E-state index in [1.165, 1.54) is 18.9 Å². The SMILES string of the molecule is Fc1ccc(-c2ccc(Br)cc2)c(CNC2CC2)c1. The molecule has 1 aliphatic carbocycles. The highest BCUT2D eigenvalue weighted by molar-refractivity contribution is 9.10. The average molecular weight is 320 g/mol. The zero-order chi connectivity index (χ0) is 13.2. The molecule has 2 aromatic rings. The molecule has 0 saturated heterocycles. The molecule has 0 bridgehead atoms. The normalized spacial score (nSPS) is 14.6. The van der Waals surface area contributed by atoms with E-state index in [-0.39, 0.29) is 5.82 Å². The number of halogens is 2. The summed E-state index contributed by atoms with van der Waals surface area (Å²) in [6.07, 6.45) is 2.48. The minimum absolute atomic E-state index is 0.173. The fourth-order valence-corrected chi connectivity index (χ4v) is 2.43. The summed E-state index contributed by atoms with van der Waals surface area (Å²) in [6, 6.07) is 13.8. The molecule has 0 aromatic heterocycles. The summed E-state index contributed by atoms with van der Waals surface area (Å²) in [6.45, 7) is 0.730. The Balaban J connectivity index is 1.91. The van der Waals surface area contributed by atoms with Crippen molar-refractivity contribution in [1.82, 2.24) is 5.32 Å². The summed E-state index contributed by atoms with van der Waals surface area (Å²) in [4.78, 5) is 0. The predicted octanol–water partition coefficient (Wildman–Crippen LogP) is 4.51.